The highest BCUT2D eigenvalue weighted by atomic mass is 79.9. The van der Waals surface area contributed by atoms with Gasteiger partial charge in [-0.25, -0.2) is 8.78 Å². The minimum Gasteiger partial charge on any atom is -0.493 e. The zero-order chi connectivity index (χ0) is 21.2. The number of carbonyl (C=O) groups is 1. The van der Waals surface area contributed by atoms with E-state index < -0.39 is 23.3 Å². The van der Waals surface area contributed by atoms with Crippen LogP contribution < -0.4 is 10.5 Å². The van der Waals surface area contributed by atoms with E-state index in [0.717, 1.165) is 6.07 Å². The number of carbonyl (C=O) groups excluding carboxylic acids is 1. The van der Waals surface area contributed by atoms with Crippen LogP contribution in [0.3, 0.4) is 0 Å². The number of ether oxygens (including phenoxy) is 3. The van der Waals surface area contributed by atoms with Crippen LogP contribution in [0, 0.1) is 11.6 Å². The van der Waals surface area contributed by atoms with Gasteiger partial charge < -0.3 is 19.9 Å². The molecule has 0 aromatic heterocycles. The van der Waals surface area contributed by atoms with Crippen LogP contribution in [0.15, 0.2) is 34.8 Å². The smallest absolute Gasteiger partial charge is 0.252 e. The molecule has 0 saturated carbocycles. The van der Waals surface area contributed by atoms with Crippen molar-refractivity contribution in [3.63, 3.8) is 0 Å². The molecule has 0 spiro atoms. The molecule has 1 amide bonds. The van der Waals surface area contributed by atoms with Gasteiger partial charge in [-0.15, -0.1) is 0 Å². The molecule has 2 aromatic rings. The average molecular weight is 470 g/mol. The third-order valence-corrected chi connectivity index (χ3v) is 5.05. The maximum Gasteiger partial charge on any atom is 0.252 e. The van der Waals surface area contributed by atoms with E-state index in [9.17, 15) is 13.6 Å². The van der Waals surface area contributed by atoms with E-state index in [-0.39, 0.29) is 36.0 Å². The van der Waals surface area contributed by atoms with Crippen LogP contribution in [0.2, 0.25) is 0 Å². The van der Waals surface area contributed by atoms with Gasteiger partial charge in [-0.2, -0.15) is 0 Å². The van der Waals surface area contributed by atoms with Crippen LogP contribution in [0.4, 0.5) is 8.78 Å². The maximum atomic E-state index is 14.2. The lowest BCUT2D eigenvalue weighted by molar-refractivity contribution is -0.139. The average Bonchev–Trinajstić information content (AvgIpc) is 2.95. The van der Waals surface area contributed by atoms with Gasteiger partial charge in [0.2, 0.25) is 0 Å². The van der Waals surface area contributed by atoms with E-state index in [1.54, 1.807) is 12.1 Å². The number of hydrogen-bond donors (Lipinski definition) is 1. The molecule has 1 aliphatic heterocycles. The number of halogens is 3. The van der Waals surface area contributed by atoms with Gasteiger partial charge in [0.25, 0.3) is 5.91 Å². The topological polar surface area (TPSA) is 70.8 Å². The van der Waals surface area contributed by atoms with Crippen molar-refractivity contribution in [3.8, 4) is 5.75 Å². The lowest BCUT2D eigenvalue weighted by atomic mass is 9.98. The van der Waals surface area contributed by atoms with Gasteiger partial charge in [-0.05, 0) is 43.2 Å². The predicted molar refractivity (Wildman–Crippen MR) is 107 cm³/mol. The summed E-state index contributed by atoms with van der Waals surface area (Å²) in [7, 11) is 0. The largest absolute Gasteiger partial charge is 0.493 e. The maximum absolute atomic E-state index is 14.2. The third kappa shape index (κ3) is 5.52. The normalized spacial score (nSPS) is 18.0. The second-order valence-electron chi connectivity index (χ2n) is 7.30. The molecule has 1 heterocycles. The number of amides is 1. The van der Waals surface area contributed by atoms with Gasteiger partial charge >= 0.3 is 0 Å². The standard InChI is InChI=1S/C21H22BrF2NO4/c1-21(2)28-11-16(29-21)5-6-27-18-10-15(23)8-13(19(18)20(25)26)7-12-3-4-14(22)9-17(12)24/h3-4,8-10,16H,5-7,11H2,1-2H3,(H2,25,26)/t16-/m1/s1. The molecular weight excluding hydrogens is 448 g/mol. The number of benzene rings is 2. The number of primary amides is 1. The summed E-state index contributed by atoms with van der Waals surface area (Å²) in [5, 5.41) is 0. The van der Waals surface area contributed by atoms with Gasteiger partial charge in [0.15, 0.2) is 5.79 Å². The van der Waals surface area contributed by atoms with Crippen molar-refractivity contribution in [1.82, 2.24) is 0 Å². The molecule has 2 aromatic carbocycles. The molecule has 0 unspecified atom stereocenters. The first-order chi connectivity index (χ1) is 13.6. The summed E-state index contributed by atoms with van der Waals surface area (Å²) in [6.45, 7) is 4.24. The van der Waals surface area contributed by atoms with E-state index in [0.29, 0.717) is 23.1 Å². The van der Waals surface area contributed by atoms with Crippen LogP contribution in [0.1, 0.15) is 41.8 Å². The van der Waals surface area contributed by atoms with Gasteiger partial charge in [-0.1, -0.05) is 22.0 Å². The fourth-order valence-corrected chi connectivity index (χ4v) is 3.58. The Labute approximate surface area is 176 Å². The molecular formula is C21H22BrF2NO4. The Balaban J connectivity index is 1.79. The molecule has 2 N–H and O–H groups in total. The van der Waals surface area contributed by atoms with E-state index in [1.807, 2.05) is 13.8 Å². The third-order valence-electron chi connectivity index (χ3n) is 4.56. The van der Waals surface area contributed by atoms with Gasteiger partial charge in [0, 0.05) is 23.4 Å². The van der Waals surface area contributed by atoms with Crippen molar-refractivity contribution < 1.29 is 27.8 Å². The Bertz CT molecular complexity index is 920. The quantitative estimate of drug-likeness (QED) is 0.654. The molecule has 0 radical (unpaired) electrons. The Morgan fingerprint density at radius 1 is 1.28 bits per heavy atom. The Morgan fingerprint density at radius 2 is 2.03 bits per heavy atom. The molecule has 3 rings (SSSR count). The van der Waals surface area contributed by atoms with E-state index in [4.69, 9.17) is 19.9 Å². The molecule has 5 nitrogen and oxygen atoms in total. The van der Waals surface area contributed by atoms with Gasteiger partial charge in [0.1, 0.15) is 17.4 Å². The first kappa shape index (κ1) is 21.7. The van der Waals surface area contributed by atoms with E-state index >= 15 is 0 Å². The molecule has 8 heteroatoms. The summed E-state index contributed by atoms with van der Waals surface area (Å²) in [5.41, 5.74) is 6.13. The van der Waals surface area contributed by atoms with Crippen LogP contribution in [0.5, 0.6) is 5.75 Å². The van der Waals surface area contributed by atoms with Crippen molar-refractivity contribution in [1.29, 1.82) is 0 Å². The Kier molecular flexibility index (Phi) is 6.55. The minimum absolute atomic E-state index is 0.000722. The van der Waals surface area contributed by atoms with Gasteiger partial charge in [0.05, 0.1) is 24.9 Å². The second-order valence-corrected chi connectivity index (χ2v) is 8.22. The second kappa shape index (κ2) is 8.77. The molecule has 29 heavy (non-hydrogen) atoms. The van der Waals surface area contributed by atoms with Crippen LogP contribution in [-0.2, 0) is 15.9 Å². The van der Waals surface area contributed by atoms with Gasteiger partial charge in [-0.3, -0.25) is 4.79 Å². The van der Waals surface area contributed by atoms with E-state index in [1.165, 1.54) is 12.1 Å². The summed E-state index contributed by atoms with van der Waals surface area (Å²) >= 11 is 3.19. The Morgan fingerprint density at radius 3 is 2.66 bits per heavy atom. The van der Waals surface area contributed by atoms with Crippen molar-refractivity contribution in [3.05, 3.63) is 63.1 Å². The summed E-state index contributed by atoms with van der Waals surface area (Å²) in [5.74, 6) is -2.46. The van der Waals surface area contributed by atoms with Crippen LogP contribution in [0.25, 0.3) is 0 Å². The van der Waals surface area contributed by atoms with E-state index in [2.05, 4.69) is 15.9 Å². The number of rotatable bonds is 7. The lowest BCUT2D eigenvalue weighted by Gasteiger charge is -2.18. The summed E-state index contributed by atoms with van der Waals surface area (Å²) < 4.78 is 45.8. The van der Waals surface area contributed by atoms with Crippen LogP contribution >= 0.6 is 15.9 Å². The van der Waals surface area contributed by atoms with Crippen LogP contribution in [-0.4, -0.2) is 31.0 Å². The first-order valence-electron chi connectivity index (χ1n) is 9.15. The Hall–Kier alpha value is -2.03. The van der Waals surface area contributed by atoms with Crippen molar-refractivity contribution in [2.45, 2.75) is 38.6 Å². The summed E-state index contributed by atoms with van der Waals surface area (Å²) in [6, 6.07) is 6.82. The molecule has 0 bridgehead atoms. The SMILES string of the molecule is CC1(C)OC[C@@H](CCOc2cc(F)cc(Cc3ccc(Br)cc3F)c2C(N)=O)O1. The van der Waals surface area contributed by atoms with Crippen molar-refractivity contribution in [2.75, 3.05) is 13.2 Å². The molecule has 1 saturated heterocycles. The molecule has 1 fully saturated rings. The number of nitrogens with two attached hydrogens (primary N) is 1. The fraction of sp³-hybridized carbons (Fsp3) is 0.381. The fourth-order valence-electron chi connectivity index (χ4n) is 3.24. The first-order valence-corrected chi connectivity index (χ1v) is 9.94. The van der Waals surface area contributed by atoms with Crippen molar-refractivity contribution in [2.24, 2.45) is 5.73 Å². The zero-order valence-electron chi connectivity index (χ0n) is 16.1. The lowest BCUT2D eigenvalue weighted by Crippen LogP contribution is -2.22. The predicted octanol–water partition coefficient (Wildman–Crippen LogP) is 4.34. The number of hydrogen-bond acceptors (Lipinski definition) is 4. The molecule has 1 atom stereocenters. The zero-order valence-corrected chi connectivity index (χ0v) is 17.7. The molecule has 0 aliphatic carbocycles. The monoisotopic (exact) mass is 469 g/mol. The highest BCUT2D eigenvalue weighted by Crippen LogP contribution is 2.29. The molecule has 156 valence electrons. The summed E-state index contributed by atoms with van der Waals surface area (Å²) in [6.07, 6.45) is 0.334. The minimum atomic E-state index is -0.769. The highest BCUT2D eigenvalue weighted by Gasteiger charge is 2.32. The molecule has 1 aliphatic rings. The highest BCUT2D eigenvalue weighted by molar-refractivity contribution is 9.10. The summed E-state index contributed by atoms with van der Waals surface area (Å²) in [4.78, 5) is 12.1. The van der Waals surface area contributed by atoms with Crippen molar-refractivity contribution >= 4 is 21.8 Å².